The number of fused-ring (bicyclic) bond motifs is 1. The van der Waals surface area contributed by atoms with E-state index < -0.39 is 6.04 Å². The van der Waals surface area contributed by atoms with Crippen molar-refractivity contribution < 1.29 is 9.53 Å². The Morgan fingerprint density at radius 1 is 1.33 bits per heavy atom. The quantitative estimate of drug-likeness (QED) is 0.554. The van der Waals surface area contributed by atoms with Crippen molar-refractivity contribution in [1.29, 1.82) is 0 Å². The molecule has 3 heterocycles. The summed E-state index contributed by atoms with van der Waals surface area (Å²) in [6, 6.07) is 5.18. The van der Waals surface area contributed by atoms with E-state index in [1.165, 1.54) is 0 Å². The molecule has 0 fully saturated rings. The molecular formula is C21H23BrClN5O2. The van der Waals surface area contributed by atoms with Gasteiger partial charge in [-0.15, -0.1) is 0 Å². The third kappa shape index (κ3) is 3.22. The number of benzene rings is 1. The maximum absolute atomic E-state index is 13.5. The highest BCUT2D eigenvalue weighted by atomic mass is 79.9. The Balaban J connectivity index is 1.95. The second-order valence-electron chi connectivity index (χ2n) is 7.87. The topological polar surface area (TPSA) is 76.0 Å². The van der Waals surface area contributed by atoms with E-state index in [-0.39, 0.29) is 5.91 Å². The molecule has 0 spiro atoms. The highest BCUT2D eigenvalue weighted by Gasteiger charge is 2.45. The Morgan fingerprint density at radius 3 is 2.67 bits per heavy atom. The highest BCUT2D eigenvalue weighted by Crippen LogP contribution is 2.46. The number of aromatic nitrogens is 4. The highest BCUT2D eigenvalue weighted by molar-refractivity contribution is 9.10. The molecule has 1 atom stereocenters. The van der Waals surface area contributed by atoms with Crippen LogP contribution in [0.15, 0.2) is 22.7 Å². The first-order chi connectivity index (χ1) is 14.2. The molecule has 0 radical (unpaired) electrons. The molecule has 1 N–H and O–H groups in total. The third-order valence-corrected chi connectivity index (χ3v) is 6.43. The van der Waals surface area contributed by atoms with Crippen LogP contribution in [-0.4, -0.2) is 33.0 Å². The third-order valence-electron chi connectivity index (χ3n) is 5.33. The minimum absolute atomic E-state index is 0.152. The van der Waals surface area contributed by atoms with Crippen LogP contribution in [0.5, 0.6) is 5.75 Å². The summed E-state index contributed by atoms with van der Waals surface area (Å²) in [5.74, 6) is 0.880. The van der Waals surface area contributed by atoms with Crippen LogP contribution in [0, 0.1) is 12.8 Å². The Bertz CT molecular complexity index is 1140. The van der Waals surface area contributed by atoms with E-state index in [9.17, 15) is 4.79 Å². The summed E-state index contributed by atoms with van der Waals surface area (Å²) in [5.41, 5.74) is 4.54. The minimum Gasteiger partial charge on any atom is -0.495 e. The molecule has 0 saturated heterocycles. The number of hydrogen-bond acceptors (Lipinski definition) is 4. The lowest BCUT2D eigenvalue weighted by Gasteiger charge is -2.27. The molecule has 3 aromatic rings. The smallest absolute Gasteiger partial charge is 0.277 e. The summed E-state index contributed by atoms with van der Waals surface area (Å²) in [6.07, 6.45) is 0.754. The molecule has 1 amide bonds. The van der Waals surface area contributed by atoms with Gasteiger partial charge in [-0.2, -0.15) is 10.2 Å². The molecule has 1 unspecified atom stereocenters. The maximum Gasteiger partial charge on any atom is 0.277 e. The van der Waals surface area contributed by atoms with E-state index in [1.807, 2.05) is 25.1 Å². The summed E-state index contributed by atoms with van der Waals surface area (Å²) in [5, 5.41) is 12.4. The van der Waals surface area contributed by atoms with Crippen molar-refractivity contribution in [3.8, 4) is 5.75 Å². The number of amides is 1. The summed E-state index contributed by atoms with van der Waals surface area (Å²) in [6.45, 7) is 6.17. The van der Waals surface area contributed by atoms with Crippen molar-refractivity contribution in [2.75, 3.05) is 12.0 Å². The van der Waals surface area contributed by atoms with Crippen LogP contribution in [0.3, 0.4) is 0 Å². The lowest BCUT2D eigenvalue weighted by Crippen LogP contribution is -2.30. The van der Waals surface area contributed by atoms with Crippen molar-refractivity contribution in [2.45, 2.75) is 33.2 Å². The maximum atomic E-state index is 13.5. The predicted octanol–water partition coefficient (Wildman–Crippen LogP) is 4.82. The first kappa shape index (κ1) is 20.9. The van der Waals surface area contributed by atoms with Crippen molar-refractivity contribution in [2.24, 2.45) is 13.0 Å². The number of ether oxygens (including phenoxy) is 1. The molecule has 0 bridgehead atoms. The fourth-order valence-electron chi connectivity index (χ4n) is 4.05. The number of carbonyl (C=O) groups is 1. The summed E-state index contributed by atoms with van der Waals surface area (Å²) in [7, 11) is 3.40. The van der Waals surface area contributed by atoms with Gasteiger partial charge in [-0.3, -0.25) is 19.5 Å². The molecule has 30 heavy (non-hydrogen) atoms. The van der Waals surface area contributed by atoms with Gasteiger partial charge in [0.15, 0.2) is 0 Å². The molecule has 0 saturated carbocycles. The van der Waals surface area contributed by atoms with Crippen LogP contribution >= 0.6 is 27.5 Å². The monoisotopic (exact) mass is 491 g/mol. The fraction of sp³-hybridized carbons (Fsp3) is 0.381. The molecule has 1 aliphatic rings. The predicted molar refractivity (Wildman–Crippen MR) is 119 cm³/mol. The van der Waals surface area contributed by atoms with Gasteiger partial charge in [-0.25, -0.2) is 0 Å². The SMILES string of the molecule is COc1cc(N2C(=O)c3[nH]nc(CC(C)C)c3C2c2c(C)nn(C)c2Cl)ccc1Br. The number of H-pyrrole nitrogens is 1. The molecular weight excluding hydrogens is 470 g/mol. The number of anilines is 1. The number of methoxy groups -OCH3 is 1. The van der Waals surface area contributed by atoms with Gasteiger partial charge in [-0.05, 0) is 47.3 Å². The molecule has 2 aromatic heterocycles. The van der Waals surface area contributed by atoms with Crippen LogP contribution < -0.4 is 9.64 Å². The van der Waals surface area contributed by atoms with Crippen molar-refractivity contribution in [1.82, 2.24) is 20.0 Å². The molecule has 9 heteroatoms. The van der Waals surface area contributed by atoms with Gasteiger partial charge in [0.2, 0.25) is 0 Å². The van der Waals surface area contributed by atoms with Gasteiger partial charge in [0.1, 0.15) is 16.6 Å². The Labute approximate surface area is 188 Å². The Hall–Kier alpha value is -2.32. The van der Waals surface area contributed by atoms with Crippen LogP contribution in [0.1, 0.15) is 52.9 Å². The van der Waals surface area contributed by atoms with E-state index in [2.05, 4.69) is 45.1 Å². The van der Waals surface area contributed by atoms with Crippen LogP contribution in [0.2, 0.25) is 5.15 Å². The van der Waals surface area contributed by atoms with Crippen LogP contribution in [0.25, 0.3) is 0 Å². The van der Waals surface area contributed by atoms with Gasteiger partial charge < -0.3 is 4.74 Å². The zero-order valence-corrected chi connectivity index (χ0v) is 19.8. The van der Waals surface area contributed by atoms with Gasteiger partial charge in [0, 0.05) is 29.9 Å². The zero-order valence-electron chi connectivity index (χ0n) is 17.5. The largest absolute Gasteiger partial charge is 0.495 e. The number of halogens is 2. The number of aryl methyl sites for hydroxylation is 2. The van der Waals surface area contributed by atoms with Crippen LogP contribution in [0.4, 0.5) is 5.69 Å². The molecule has 158 valence electrons. The van der Waals surface area contributed by atoms with E-state index in [1.54, 1.807) is 23.7 Å². The fourth-order valence-corrected chi connectivity index (χ4v) is 4.74. The van der Waals surface area contributed by atoms with E-state index in [0.29, 0.717) is 28.2 Å². The normalized spacial score (nSPS) is 15.9. The van der Waals surface area contributed by atoms with E-state index in [0.717, 1.165) is 33.4 Å². The second-order valence-corrected chi connectivity index (χ2v) is 9.08. The van der Waals surface area contributed by atoms with Crippen molar-refractivity contribution in [3.63, 3.8) is 0 Å². The number of carbonyl (C=O) groups excluding carboxylic acids is 1. The average molecular weight is 493 g/mol. The van der Waals surface area contributed by atoms with Gasteiger partial charge >= 0.3 is 0 Å². The first-order valence-electron chi connectivity index (χ1n) is 9.67. The number of rotatable bonds is 5. The molecule has 4 rings (SSSR count). The minimum atomic E-state index is -0.424. The number of nitrogens with one attached hydrogen (secondary N) is 1. The second kappa shape index (κ2) is 7.74. The first-order valence-corrected chi connectivity index (χ1v) is 10.8. The van der Waals surface area contributed by atoms with Gasteiger partial charge in [0.05, 0.1) is 29.0 Å². The van der Waals surface area contributed by atoms with Gasteiger partial charge in [-0.1, -0.05) is 25.4 Å². The van der Waals surface area contributed by atoms with Gasteiger partial charge in [0.25, 0.3) is 5.91 Å². The van der Waals surface area contributed by atoms with Crippen LogP contribution in [-0.2, 0) is 13.5 Å². The summed E-state index contributed by atoms with van der Waals surface area (Å²) < 4.78 is 7.91. The average Bonchev–Trinajstić information content (AvgIpc) is 3.29. The lowest BCUT2D eigenvalue weighted by atomic mass is 9.95. The summed E-state index contributed by atoms with van der Waals surface area (Å²) >= 11 is 10.2. The Morgan fingerprint density at radius 2 is 2.07 bits per heavy atom. The molecule has 1 aromatic carbocycles. The zero-order chi connectivity index (χ0) is 21.7. The molecule has 1 aliphatic heterocycles. The Kier molecular flexibility index (Phi) is 5.40. The number of nitrogens with zero attached hydrogens (tertiary/aromatic N) is 4. The number of aromatic amines is 1. The van der Waals surface area contributed by atoms with E-state index in [4.69, 9.17) is 16.3 Å². The standard InChI is InChI=1S/C21H23BrClN5O2/c1-10(2)8-14-17-18(25-24-14)21(29)28(12-6-7-13(22)15(9-12)30-5)19(17)16-11(3)26-27(4)20(16)23/h6-7,9-10,19H,8H2,1-5H3,(H,24,25). The summed E-state index contributed by atoms with van der Waals surface area (Å²) in [4.78, 5) is 15.3. The number of hydrogen-bond donors (Lipinski definition) is 1. The van der Waals surface area contributed by atoms with E-state index >= 15 is 0 Å². The van der Waals surface area contributed by atoms with Crippen molar-refractivity contribution in [3.05, 3.63) is 56.0 Å². The lowest BCUT2D eigenvalue weighted by molar-refractivity contribution is 0.0988. The van der Waals surface area contributed by atoms with Crippen molar-refractivity contribution >= 4 is 39.1 Å². The molecule has 7 nitrogen and oxygen atoms in total. The molecule has 0 aliphatic carbocycles.